The number of likely N-dealkylation sites (N-methyl/N-ethyl adjacent to an activating group) is 1. The third-order valence-corrected chi connectivity index (χ3v) is 2.81. The van der Waals surface area contributed by atoms with E-state index in [1.54, 1.807) is 19.2 Å². The molecule has 0 aliphatic heterocycles. The zero-order valence-electron chi connectivity index (χ0n) is 11.0. The highest BCUT2D eigenvalue weighted by atomic mass is 16.4. The Hall–Kier alpha value is -1.68. The third kappa shape index (κ3) is 4.30. The number of carboxylic acid groups (broad SMARTS) is 1. The fraction of sp³-hybridized carbons (Fsp3) is 0.429. The SMILES string of the molecule is CC(C)c1ccc(C(=O)C[NH+](C)CC(=O)[O-])cc1. The van der Waals surface area contributed by atoms with E-state index in [-0.39, 0.29) is 18.9 Å². The number of aliphatic carboxylic acids is 1. The number of benzene rings is 1. The second-order valence-corrected chi connectivity index (χ2v) is 4.88. The summed E-state index contributed by atoms with van der Waals surface area (Å²) in [7, 11) is 1.66. The van der Waals surface area contributed by atoms with Gasteiger partial charge >= 0.3 is 0 Å². The van der Waals surface area contributed by atoms with Gasteiger partial charge in [-0.15, -0.1) is 0 Å². The molecule has 4 nitrogen and oxygen atoms in total. The van der Waals surface area contributed by atoms with Crippen LogP contribution in [0.3, 0.4) is 0 Å². The van der Waals surface area contributed by atoms with E-state index in [1.165, 1.54) is 5.56 Å². The van der Waals surface area contributed by atoms with Crippen molar-refractivity contribution in [2.75, 3.05) is 20.1 Å². The molecule has 0 bridgehead atoms. The second-order valence-electron chi connectivity index (χ2n) is 4.88. The van der Waals surface area contributed by atoms with Crippen LogP contribution in [-0.4, -0.2) is 31.9 Å². The predicted octanol–water partition coefficient (Wildman–Crippen LogP) is -0.743. The maximum atomic E-state index is 11.9. The first kappa shape index (κ1) is 14.4. The van der Waals surface area contributed by atoms with Crippen LogP contribution in [-0.2, 0) is 4.79 Å². The van der Waals surface area contributed by atoms with Crippen molar-refractivity contribution in [3.63, 3.8) is 0 Å². The smallest absolute Gasteiger partial charge is 0.216 e. The number of carbonyl (C=O) groups excluding carboxylic acids is 2. The van der Waals surface area contributed by atoms with Crippen molar-refractivity contribution < 1.29 is 19.6 Å². The van der Waals surface area contributed by atoms with Gasteiger partial charge in [0.1, 0.15) is 13.1 Å². The molecule has 0 fully saturated rings. The summed E-state index contributed by atoms with van der Waals surface area (Å²) in [5.74, 6) is -0.764. The number of ketones is 1. The van der Waals surface area contributed by atoms with Crippen molar-refractivity contribution >= 4 is 11.8 Å². The lowest BCUT2D eigenvalue weighted by Crippen LogP contribution is -3.11. The summed E-state index contributed by atoms with van der Waals surface area (Å²) in [6.07, 6.45) is 0. The molecule has 1 aromatic rings. The summed E-state index contributed by atoms with van der Waals surface area (Å²) in [6, 6.07) is 7.46. The highest BCUT2D eigenvalue weighted by Crippen LogP contribution is 2.14. The van der Waals surface area contributed by atoms with Gasteiger partial charge in [0, 0.05) is 5.56 Å². The van der Waals surface area contributed by atoms with Gasteiger partial charge in [-0.3, -0.25) is 4.79 Å². The van der Waals surface area contributed by atoms with Crippen molar-refractivity contribution in [3.8, 4) is 0 Å². The second kappa shape index (κ2) is 6.31. The Bertz CT molecular complexity index is 423. The molecule has 1 rings (SSSR count). The van der Waals surface area contributed by atoms with Gasteiger partial charge in [0.2, 0.25) is 5.78 Å². The van der Waals surface area contributed by atoms with Crippen molar-refractivity contribution in [3.05, 3.63) is 35.4 Å². The van der Waals surface area contributed by atoms with Gasteiger partial charge in [0.25, 0.3) is 0 Å². The lowest BCUT2D eigenvalue weighted by atomic mass is 10.0. The minimum Gasteiger partial charge on any atom is -0.544 e. The quantitative estimate of drug-likeness (QED) is 0.675. The molecular weight excluding hydrogens is 230 g/mol. The van der Waals surface area contributed by atoms with Crippen LogP contribution in [0.4, 0.5) is 0 Å². The standard InChI is InChI=1S/C14H19NO3/c1-10(2)11-4-6-12(7-5-11)13(16)8-15(3)9-14(17)18/h4-7,10H,8-9H2,1-3H3,(H,17,18). The summed E-state index contributed by atoms with van der Waals surface area (Å²) in [6.45, 7) is 4.19. The third-order valence-electron chi connectivity index (χ3n) is 2.81. The summed E-state index contributed by atoms with van der Waals surface area (Å²) >= 11 is 0. The topological polar surface area (TPSA) is 61.6 Å². The largest absolute Gasteiger partial charge is 0.544 e. The molecule has 1 atom stereocenters. The number of Topliss-reactive ketones (excluding diaryl/α,β-unsaturated/α-hetero) is 1. The molecule has 0 heterocycles. The Morgan fingerprint density at radius 3 is 2.17 bits per heavy atom. The van der Waals surface area contributed by atoms with Gasteiger partial charge in [0.15, 0.2) is 0 Å². The first-order chi connectivity index (χ1) is 8.40. The molecule has 0 aromatic heterocycles. The molecule has 0 saturated carbocycles. The average Bonchev–Trinajstić information content (AvgIpc) is 2.27. The molecule has 1 aromatic carbocycles. The summed E-state index contributed by atoms with van der Waals surface area (Å²) in [5.41, 5.74) is 1.80. The number of carboxylic acids is 1. The van der Waals surface area contributed by atoms with Gasteiger partial charge in [-0.2, -0.15) is 0 Å². The lowest BCUT2D eigenvalue weighted by Gasteiger charge is -2.13. The van der Waals surface area contributed by atoms with Gasteiger partial charge in [-0.1, -0.05) is 38.1 Å². The molecule has 0 spiro atoms. The highest BCUT2D eigenvalue weighted by molar-refractivity contribution is 5.96. The van der Waals surface area contributed by atoms with Crippen LogP contribution in [0.25, 0.3) is 0 Å². The first-order valence-electron chi connectivity index (χ1n) is 6.04. The Morgan fingerprint density at radius 1 is 1.17 bits per heavy atom. The van der Waals surface area contributed by atoms with Crippen LogP contribution in [0.15, 0.2) is 24.3 Å². The molecule has 0 aliphatic carbocycles. The minimum atomic E-state index is -1.14. The van der Waals surface area contributed by atoms with Crippen LogP contribution in [0.2, 0.25) is 0 Å². The zero-order chi connectivity index (χ0) is 13.7. The van der Waals surface area contributed by atoms with Gasteiger partial charge in [-0.05, 0) is 11.5 Å². The zero-order valence-corrected chi connectivity index (χ0v) is 11.0. The van der Waals surface area contributed by atoms with Crippen LogP contribution < -0.4 is 10.0 Å². The van der Waals surface area contributed by atoms with Gasteiger partial charge < -0.3 is 14.8 Å². The van der Waals surface area contributed by atoms with E-state index in [1.807, 2.05) is 12.1 Å². The summed E-state index contributed by atoms with van der Waals surface area (Å²) in [5, 5.41) is 10.4. The number of rotatable bonds is 6. The number of carbonyl (C=O) groups is 2. The lowest BCUT2D eigenvalue weighted by molar-refractivity contribution is -0.864. The molecule has 1 N–H and O–H groups in total. The number of nitrogens with one attached hydrogen (secondary N) is 1. The Balaban J connectivity index is 2.64. The van der Waals surface area contributed by atoms with Crippen molar-refractivity contribution in [1.29, 1.82) is 0 Å². The van der Waals surface area contributed by atoms with E-state index in [0.29, 0.717) is 16.4 Å². The first-order valence-corrected chi connectivity index (χ1v) is 6.04. The Kier molecular flexibility index (Phi) is 5.04. The fourth-order valence-electron chi connectivity index (χ4n) is 1.74. The molecule has 1 unspecified atom stereocenters. The maximum Gasteiger partial charge on any atom is 0.216 e. The number of quaternary nitrogens is 1. The normalized spacial score (nSPS) is 12.4. The van der Waals surface area contributed by atoms with Crippen molar-refractivity contribution in [2.45, 2.75) is 19.8 Å². The van der Waals surface area contributed by atoms with E-state index in [4.69, 9.17) is 0 Å². The predicted molar refractivity (Wildman–Crippen MR) is 66.5 cm³/mol. The number of hydrogen-bond acceptors (Lipinski definition) is 3. The van der Waals surface area contributed by atoms with Crippen LogP contribution >= 0.6 is 0 Å². The summed E-state index contributed by atoms with van der Waals surface area (Å²) < 4.78 is 0. The number of hydrogen-bond donors (Lipinski definition) is 1. The molecule has 4 heteroatoms. The molecular formula is C14H19NO3. The van der Waals surface area contributed by atoms with Crippen molar-refractivity contribution in [2.24, 2.45) is 0 Å². The molecule has 18 heavy (non-hydrogen) atoms. The molecule has 0 amide bonds. The van der Waals surface area contributed by atoms with E-state index >= 15 is 0 Å². The fourth-order valence-corrected chi connectivity index (χ4v) is 1.74. The maximum absolute atomic E-state index is 11.9. The highest BCUT2D eigenvalue weighted by Gasteiger charge is 2.12. The van der Waals surface area contributed by atoms with Crippen LogP contribution in [0.5, 0.6) is 0 Å². The Labute approximate surface area is 107 Å². The van der Waals surface area contributed by atoms with E-state index in [2.05, 4.69) is 13.8 Å². The van der Waals surface area contributed by atoms with E-state index in [9.17, 15) is 14.7 Å². The molecule has 0 aliphatic rings. The average molecular weight is 249 g/mol. The van der Waals surface area contributed by atoms with Gasteiger partial charge in [0.05, 0.1) is 13.0 Å². The Morgan fingerprint density at radius 2 is 1.72 bits per heavy atom. The van der Waals surface area contributed by atoms with E-state index in [0.717, 1.165) is 0 Å². The minimum absolute atomic E-state index is 0.0518. The van der Waals surface area contributed by atoms with Crippen molar-refractivity contribution in [1.82, 2.24) is 0 Å². The summed E-state index contributed by atoms with van der Waals surface area (Å²) in [4.78, 5) is 22.9. The van der Waals surface area contributed by atoms with Crippen LogP contribution in [0.1, 0.15) is 35.7 Å². The molecule has 0 radical (unpaired) electrons. The molecule has 0 saturated heterocycles. The monoisotopic (exact) mass is 249 g/mol. The molecule has 98 valence electrons. The van der Waals surface area contributed by atoms with Gasteiger partial charge in [-0.25, -0.2) is 0 Å². The van der Waals surface area contributed by atoms with E-state index < -0.39 is 5.97 Å². The van der Waals surface area contributed by atoms with Crippen LogP contribution in [0, 0.1) is 0 Å².